The molecule has 0 bridgehead atoms. The Kier molecular flexibility index (Phi) is 3.46. The molecule has 1 atom stereocenters. The summed E-state index contributed by atoms with van der Waals surface area (Å²) in [4.78, 5) is 11.1. The van der Waals surface area contributed by atoms with Crippen molar-refractivity contribution in [3.8, 4) is 0 Å². The fourth-order valence-electron chi connectivity index (χ4n) is 2.13. The quantitative estimate of drug-likeness (QED) is 0.841. The van der Waals surface area contributed by atoms with E-state index in [1.54, 1.807) is 7.05 Å². The molecule has 0 spiro atoms. The Morgan fingerprint density at radius 3 is 3.12 bits per heavy atom. The Hall–Kier alpha value is -1.06. The van der Waals surface area contributed by atoms with E-state index in [1.165, 1.54) is 11.1 Å². The second-order valence-electron chi connectivity index (χ2n) is 3.95. The number of likely N-dealkylation sites (N-methyl/N-ethyl adjacent to an activating group) is 1. The van der Waals surface area contributed by atoms with Crippen LogP contribution >= 0.6 is 11.6 Å². The Morgan fingerprint density at radius 1 is 1.56 bits per heavy atom. The van der Waals surface area contributed by atoms with Gasteiger partial charge in [-0.2, -0.15) is 0 Å². The van der Waals surface area contributed by atoms with Crippen LogP contribution in [0.25, 0.3) is 0 Å². The van der Waals surface area contributed by atoms with Crippen LogP contribution in [0.4, 0.5) is 0 Å². The topological polar surface area (TPSA) is 41.1 Å². The monoisotopic (exact) mass is 238 g/mol. The molecule has 0 saturated carbocycles. The average Bonchev–Trinajstić information content (AvgIpc) is 2.70. The van der Waals surface area contributed by atoms with Crippen LogP contribution in [0.1, 0.15) is 23.6 Å². The van der Waals surface area contributed by atoms with Gasteiger partial charge < -0.3 is 10.6 Å². The highest BCUT2D eigenvalue weighted by Gasteiger charge is 2.23. The molecule has 16 heavy (non-hydrogen) atoms. The summed E-state index contributed by atoms with van der Waals surface area (Å²) in [5.74, 6) is 0.00970. The van der Waals surface area contributed by atoms with E-state index in [9.17, 15) is 4.79 Å². The second kappa shape index (κ2) is 4.85. The van der Waals surface area contributed by atoms with Gasteiger partial charge in [-0.25, -0.2) is 0 Å². The number of halogens is 1. The zero-order valence-electron chi connectivity index (χ0n) is 9.22. The van der Waals surface area contributed by atoms with Crippen LogP contribution in [0.15, 0.2) is 18.2 Å². The highest BCUT2D eigenvalue weighted by molar-refractivity contribution is 6.31. The van der Waals surface area contributed by atoms with Crippen molar-refractivity contribution in [2.24, 2.45) is 0 Å². The van der Waals surface area contributed by atoms with Crippen molar-refractivity contribution < 1.29 is 4.79 Å². The summed E-state index contributed by atoms with van der Waals surface area (Å²) in [5.41, 5.74) is 2.45. The van der Waals surface area contributed by atoms with Gasteiger partial charge in [-0.3, -0.25) is 4.79 Å². The lowest BCUT2D eigenvalue weighted by Crippen LogP contribution is -2.33. The van der Waals surface area contributed by atoms with E-state index >= 15 is 0 Å². The third-order valence-electron chi connectivity index (χ3n) is 3.00. The Morgan fingerprint density at radius 2 is 2.38 bits per heavy atom. The summed E-state index contributed by atoms with van der Waals surface area (Å²) >= 11 is 6.12. The van der Waals surface area contributed by atoms with E-state index in [4.69, 9.17) is 11.6 Å². The number of hydrogen-bond acceptors (Lipinski definition) is 2. The van der Waals surface area contributed by atoms with E-state index in [2.05, 4.69) is 16.7 Å². The first-order valence-electron chi connectivity index (χ1n) is 5.43. The molecule has 1 unspecified atom stereocenters. The predicted octanol–water partition coefficient (Wildman–Crippen LogP) is 1.66. The molecule has 0 aromatic heterocycles. The van der Waals surface area contributed by atoms with Crippen molar-refractivity contribution >= 4 is 17.5 Å². The van der Waals surface area contributed by atoms with Crippen molar-refractivity contribution in [1.29, 1.82) is 0 Å². The number of carbonyl (C=O) groups excluding carboxylic acids is 1. The molecule has 1 aliphatic rings. The molecular formula is C12H15ClN2O. The fraction of sp³-hybridized carbons (Fsp3) is 0.417. The summed E-state index contributed by atoms with van der Waals surface area (Å²) in [5, 5.41) is 6.68. The predicted molar refractivity (Wildman–Crippen MR) is 64.6 cm³/mol. The Labute approximate surface area is 100 Å². The summed E-state index contributed by atoms with van der Waals surface area (Å²) in [6, 6.07) is 6.21. The summed E-state index contributed by atoms with van der Waals surface area (Å²) in [6.07, 6.45) is 2.00. The Bertz CT molecular complexity index is 406. The molecular weight excluding hydrogens is 224 g/mol. The van der Waals surface area contributed by atoms with E-state index in [1.807, 2.05) is 12.1 Å². The molecule has 1 aromatic rings. The molecule has 0 aliphatic heterocycles. The minimum Gasteiger partial charge on any atom is -0.358 e. The second-order valence-corrected chi connectivity index (χ2v) is 4.36. The Balaban J connectivity index is 2.06. The van der Waals surface area contributed by atoms with Crippen molar-refractivity contribution in [2.75, 3.05) is 13.6 Å². The molecule has 0 heterocycles. The van der Waals surface area contributed by atoms with E-state index in [0.717, 1.165) is 17.9 Å². The number of carbonyl (C=O) groups is 1. The summed E-state index contributed by atoms with van der Waals surface area (Å²) in [7, 11) is 1.64. The fourth-order valence-corrected chi connectivity index (χ4v) is 2.40. The van der Waals surface area contributed by atoms with Gasteiger partial charge in [-0.1, -0.05) is 23.7 Å². The van der Waals surface area contributed by atoms with Crippen LogP contribution in [0, 0.1) is 0 Å². The zero-order valence-corrected chi connectivity index (χ0v) is 9.97. The van der Waals surface area contributed by atoms with Crippen LogP contribution in [0.2, 0.25) is 5.02 Å². The van der Waals surface area contributed by atoms with Crippen LogP contribution in [0.5, 0.6) is 0 Å². The minimum absolute atomic E-state index is 0.00970. The van der Waals surface area contributed by atoms with Crippen molar-refractivity contribution in [2.45, 2.75) is 18.9 Å². The molecule has 0 fully saturated rings. The van der Waals surface area contributed by atoms with Crippen molar-refractivity contribution in [3.63, 3.8) is 0 Å². The normalized spacial score (nSPS) is 18.2. The largest absolute Gasteiger partial charge is 0.358 e. The molecule has 1 amide bonds. The van der Waals surface area contributed by atoms with Crippen molar-refractivity contribution in [3.05, 3.63) is 34.3 Å². The molecule has 86 valence electrons. The third kappa shape index (κ3) is 2.20. The van der Waals surface area contributed by atoms with Gasteiger partial charge in [-0.05, 0) is 30.0 Å². The van der Waals surface area contributed by atoms with Crippen LogP contribution in [0.3, 0.4) is 0 Å². The first-order valence-corrected chi connectivity index (χ1v) is 5.81. The molecule has 0 radical (unpaired) electrons. The number of benzene rings is 1. The molecule has 3 nitrogen and oxygen atoms in total. The number of fused-ring (bicyclic) bond motifs is 1. The van der Waals surface area contributed by atoms with Crippen LogP contribution in [-0.2, 0) is 11.2 Å². The highest BCUT2D eigenvalue weighted by atomic mass is 35.5. The maximum absolute atomic E-state index is 11.1. The van der Waals surface area contributed by atoms with Crippen molar-refractivity contribution in [1.82, 2.24) is 10.6 Å². The van der Waals surface area contributed by atoms with Gasteiger partial charge in [0.2, 0.25) is 5.91 Å². The molecule has 4 heteroatoms. The van der Waals surface area contributed by atoms with E-state index in [0.29, 0.717) is 6.54 Å². The molecule has 1 aliphatic carbocycles. The van der Waals surface area contributed by atoms with Crippen LogP contribution in [-0.4, -0.2) is 19.5 Å². The smallest absolute Gasteiger partial charge is 0.233 e. The zero-order chi connectivity index (χ0) is 11.5. The number of amides is 1. The first-order chi connectivity index (χ1) is 7.72. The lowest BCUT2D eigenvalue weighted by Gasteiger charge is -2.13. The van der Waals surface area contributed by atoms with Crippen LogP contribution < -0.4 is 10.6 Å². The molecule has 1 aromatic carbocycles. The number of rotatable bonds is 3. The minimum atomic E-state index is 0.00970. The lowest BCUT2D eigenvalue weighted by atomic mass is 10.1. The molecule has 0 saturated heterocycles. The molecule has 2 N–H and O–H groups in total. The van der Waals surface area contributed by atoms with Gasteiger partial charge in [0.1, 0.15) is 0 Å². The van der Waals surface area contributed by atoms with Gasteiger partial charge in [-0.15, -0.1) is 0 Å². The third-order valence-corrected chi connectivity index (χ3v) is 3.36. The number of hydrogen-bond donors (Lipinski definition) is 2. The number of nitrogens with one attached hydrogen (secondary N) is 2. The van der Waals surface area contributed by atoms with Gasteiger partial charge >= 0.3 is 0 Å². The summed E-state index contributed by atoms with van der Waals surface area (Å²) < 4.78 is 0. The first kappa shape index (κ1) is 11.4. The lowest BCUT2D eigenvalue weighted by molar-refractivity contribution is -0.119. The SMILES string of the molecule is CNC(=O)CNC1CCc2c(Cl)cccc21. The average molecular weight is 239 g/mol. The summed E-state index contributed by atoms with van der Waals surface area (Å²) in [6.45, 7) is 0.354. The van der Waals surface area contributed by atoms with Gasteiger partial charge in [0, 0.05) is 18.1 Å². The van der Waals surface area contributed by atoms with E-state index < -0.39 is 0 Å². The highest BCUT2D eigenvalue weighted by Crippen LogP contribution is 2.35. The van der Waals surface area contributed by atoms with Gasteiger partial charge in [0.15, 0.2) is 0 Å². The maximum atomic E-state index is 11.1. The van der Waals surface area contributed by atoms with Gasteiger partial charge in [0.05, 0.1) is 6.54 Å². The maximum Gasteiger partial charge on any atom is 0.233 e. The van der Waals surface area contributed by atoms with Gasteiger partial charge in [0.25, 0.3) is 0 Å². The molecule has 2 rings (SSSR count). The standard InChI is InChI=1S/C12H15ClN2O/c1-14-12(16)7-15-11-6-5-8-9(11)3-2-4-10(8)13/h2-4,11,15H,5-7H2,1H3,(H,14,16). The van der Waals surface area contributed by atoms with E-state index in [-0.39, 0.29) is 11.9 Å².